The maximum Gasteiger partial charge on any atom is 0.126 e. The Morgan fingerprint density at radius 1 is 1.21 bits per heavy atom. The predicted octanol–water partition coefficient (Wildman–Crippen LogP) is 2.28. The van der Waals surface area contributed by atoms with Crippen LogP contribution in [0.3, 0.4) is 0 Å². The lowest BCUT2D eigenvalue weighted by Crippen LogP contribution is -1.89. The van der Waals surface area contributed by atoms with E-state index in [-0.39, 0.29) is 0 Å². The van der Waals surface area contributed by atoms with Gasteiger partial charge in [0, 0.05) is 5.56 Å². The van der Waals surface area contributed by atoms with Gasteiger partial charge in [-0.1, -0.05) is 23.8 Å². The van der Waals surface area contributed by atoms with Gasteiger partial charge in [-0.3, -0.25) is 5.10 Å². The molecule has 1 aromatic heterocycles. The van der Waals surface area contributed by atoms with Gasteiger partial charge in [-0.2, -0.15) is 5.10 Å². The Bertz CT molecular complexity index is 457. The molecule has 0 spiro atoms. The van der Waals surface area contributed by atoms with Crippen molar-refractivity contribution in [1.82, 2.24) is 10.2 Å². The van der Waals surface area contributed by atoms with E-state index in [1.807, 2.05) is 0 Å². The third-order valence-electron chi connectivity index (χ3n) is 2.34. The van der Waals surface area contributed by atoms with E-state index in [9.17, 15) is 0 Å². The lowest BCUT2D eigenvalue weighted by molar-refractivity contribution is 1.10. The molecule has 0 aliphatic rings. The first-order valence-electron chi connectivity index (χ1n) is 4.55. The van der Waals surface area contributed by atoms with Crippen molar-refractivity contribution >= 4 is 5.82 Å². The van der Waals surface area contributed by atoms with Gasteiger partial charge in [0.05, 0.1) is 6.20 Å². The van der Waals surface area contributed by atoms with Gasteiger partial charge in [0.15, 0.2) is 0 Å². The van der Waals surface area contributed by atoms with E-state index in [0.29, 0.717) is 5.82 Å². The highest BCUT2D eigenvalue weighted by Gasteiger charge is 2.06. The van der Waals surface area contributed by atoms with Crippen molar-refractivity contribution in [3.8, 4) is 11.1 Å². The molecule has 1 aromatic carbocycles. The molecule has 0 saturated heterocycles. The topological polar surface area (TPSA) is 54.7 Å². The fourth-order valence-electron chi connectivity index (χ4n) is 1.63. The van der Waals surface area contributed by atoms with Crippen molar-refractivity contribution in [2.45, 2.75) is 13.8 Å². The van der Waals surface area contributed by atoms with Crippen LogP contribution in [0.1, 0.15) is 11.1 Å². The maximum atomic E-state index is 5.76. The molecule has 0 aliphatic heterocycles. The molecule has 0 atom stereocenters. The Kier molecular flexibility index (Phi) is 2.00. The average molecular weight is 187 g/mol. The molecule has 0 fully saturated rings. The summed E-state index contributed by atoms with van der Waals surface area (Å²) in [5.74, 6) is 0.622. The van der Waals surface area contributed by atoms with Gasteiger partial charge < -0.3 is 5.73 Å². The third kappa shape index (κ3) is 1.37. The zero-order valence-electron chi connectivity index (χ0n) is 8.33. The number of nitrogens with zero attached hydrogens (tertiary/aromatic N) is 1. The number of H-pyrrole nitrogens is 1. The summed E-state index contributed by atoms with van der Waals surface area (Å²) in [7, 11) is 0. The summed E-state index contributed by atoms with van der Waals surface area (Å²) < 4.78 is 0. The lowest BCUT2D eigenvalue weighted by atomic mass is 10.0. The van der Waals surface area contributed by atoms with Crippen molar-refractivity contribution in [2.75, 3.05) is 5.73 Å². The lowest BCUT2D eigenvalue weighted by Gasteiger charge is -2.05. The van der Waals surface area contributed by atoms with Gasteiger partial charge in [-0.05, 0) is 25.0 Å². The van der Waals surface area contributed by atoms with Crippen LogP contribution >= 0.6 is 0 Å². The highest BCUT2D eigenvalue weighted by molar-refractivity contribution is 5.75. The summed E-state index contributed by atoms with van der Waals surface area (Å²) in [6, 6.07) is 6.29. The zero-order chi connectivity index (χ0) is 10.1. The van der Waals surface area contributed by atoms with Crippen LogP contribution in [0.5, 0.6) is 0 Å². The molecule has 0 amide bonds. The molecule has 0 unspecified atom stereocenters. The maximum absolute atomic E-state index is 5.76. The minimum atomic E-state index is 0.622. The first-order chi connectivity index (χ1) is 6.68. The molecular formula is C11H13N3. The Hall–Kier alpha value is -1.77. The molecule has 1 heterocycles. The zero-order valence-corrected chi connectivity index (χ0v) is 8.33. The SMILES string of the molecule is Cc1ccc(-c2cn[nH]c2N)c(C)c1. The van der Waals surface area contributed by atoms with Gasteiger partial charge >= 0.3 is 0 Å². The Labute approximate surface area is 83.0 Å². The van der Waals surface area contributed by atoms with Gasteiger partial charge in [-0.15, -0.1) is 0 Å². The number of benzene rings is 1. The predicted molar refractivity (Wildman–Crippen MR) is 57.9 cm³/mol. The molecule has 3 N–H and O–H groups in total. The number of nitrogen functional groups attached to an aromatic ring is 1. The second kappa shape index (κ2) is 3.18. The van der Waals surface area contributed by atoms with Crippen LogP contribution in [-0.2, 0) is 0 Å². The molecule has 14 heavy (non-hydrogen) atoms. The van der Waals surface area contributed by atoms with Crippen molar-refractivity contribution < 1.29 is 0 Å². The molecule has 72 valence electrons. The molecule has 2 rings (SSSR count). The Morgan fingerprint density at radius 3 is 2.57 bits per heavy atom. The first-order valence-corrected chi connectivity index (χ1v) is 4.55. The number of nitrogens with one attached hydrogen (secondary N) is 1. The van der Waals surface area contributed by atoms with Crippen LogP contribution in [0.25, 0.3) is 11.1 Å². The van der Waals surface area contributed by atoms with Gasteiger partial charge in [0.2, 0.25) is 0 Å². The standard InChI is InChI=1S/C11H13N3/c1-7-3-4-9(8(2)5-7)10-6-13-14-11(10)12/h3-6H,1-2H3,(H3,12,13,14). The van der Waals surface area contributed by atoms with Crippen LogP contribution in [0.4, 0.5) is 5.82 Å². The largest absolute Gasteiger partial charge is 0.384 e. The molecule has 0 radical (unpaired) electrons. The van der Waals surface area contributed by atoms with Crippen molar-refractivity contribution in [2.24, 2.45) is 0 Å². The summed E-state index contributed by atoms with van der Waals surface area (Å²) in [6.07, 6.45) is 1.76. The Balaban J connectivity index is 2.58. The number of hydrogen-bond donors (Lipinski definition) is 2. The van der Waals surface area contributed by atoms with Gasteiger partial charge in [-0.25, -0.2) is 0 Å². The summed E-state index contributed by atoms with van der Waals surface area (Å²) in [4.78, 5) is 0. The van der Waals surface area contributed by atoms with Crippen molar-refractivity contribution in [1.29, 1.82) is 0 Å². The van der Waals surface area contributed by atoms with E-state index >= 15 is 0 Å². The number of hydrogen-bond acceptors (Lipinski definition) is 2. The second-order valence-corrected chi connectivity index (χ2v) is 3.52. The first kappa shape index (κ1) is 8.81. The van der Waals surface area contributed by atoms with Crippen LogP contribution in [0, 0.1) is 13.8 Å². The molecule has 0 saturated carbocycles. The highest BCUT2D eigenvalue weighted by atomic mass is 15.1. The van der Waals surface area contributed by atoms with E-state index in [1.54, 1.807) is 6.20 Å². The summed E-state index contributed by atoms with van der Waals surface area (Å²) in [5.41, 5.74) is 10.4. The number of rotatable bonds is 1. The van der Waals surface area contributed by atoms with E-state index in [1.165, 1.54) is 11.1 Å². The quantitative estimate of drug-likeness (QED) is 0.719. The Morgan fingerprint density at radius 2 is 2.00 bits per heavy atom. The third-order valence-corrected chi connectivity index (χ3v) is 2.34. The number of aryl methyl sites for hydroxylation is 2. The second-order valence-electron chi connectivity index (χ2n) is 3.52. The number of nitrogens with two attached hydrogens (primary N) is 1. The van der Waals surface area contributed by atoms with Crippen molar-refractivity contribution in [3.05, 3.63) is 35.5 Å². The van der Waals surface area contributed by atoms with Gasteiger partial charge in [0.25, 0.3) is 0 Å². The van der Waals surface area contributed by atoms with Crippen LogP contribution < -0.4 is 5.73 Å². The van der Waals surface area contributed by atoms with E-state index in [2.05, 4.69) is 42.2 Å². The summed E-state index contributed by atoms with van der Waals surface area (Å²) in [6.45, 7) is 4.16. The van der Waals surface area contributed by atoms with E-state index < -0.39 is 0 Å². The smallest absolute Gasteiger partial charge is 0.126 e. The van der Waals surface area contributed by atoms with Crippen molar-refractivity contribution in [3.63, 3.8) is 0 Å². The van der Waals surface area contributed by atoms with E-state index in [0.717, 1.165) is 11.1 Å². The number of anilines is 1. The average Bonchev–Trinajstić information content (AvgIpc) is 2.52. The molecular weight excluding hydrogens is 174 g/mol. The fraction of sp³-hybridized carbons (Fsp3) is 0.182. The highest BCUT2D eigenvalue weighted by Crippen LogP contribution is 2.27. The molecule has 0 aliphatic carbocycles. The minimum absolute atomic E-state index is 0.622. The molecule has 0 bridgehead atoms. The van der Waals surface area contributed by atoms with Crippen LogP contribution in [0.15, 0.2) is 24.4 Å². The minimum Gasteiger partial charge on any atom is -0.384 e. The summed E-state index contributed by atoms with van der Waals surface area (Å²) >= 11 is 0. The molecule has 3 heteroatoms. The molecule has 2 aromatic rings. The number of aromatic nitrogens is 2. The van der Waals surface area contributed by atoms with E-state index in [4.69, 9.17) is 5.73 Å². The van der Waals surface area contributed by atoms with Crippen LogP contribution in [-0.4, -0.2) is 10.2 Å². The van der Waals surface area contributed by atoms with Gasteiger partial charge in [0.1, 0.15) is 5.82 Å². The monoisotopic (exact) mass is 187 g/mol. The molecule has 3 nitrogen and oxygen atoms in total. The summed E-state index contributed by atoms with van der Waals surface area (Å²) in [5, 5.41) is 6.65. The fourth-order valence-corrected chi connectivity index (χ4v) is 1.63. The normalized spacial score (nSPS) is 10.4. The number of aromatic amines is 1. The van der Waals surface area contributed by atoms with Crippen LogP contribution in [0.2, 0.25) is 0 Å².